The van der Waals surface area contributed by atoms with Crippen LogP contribution in [-0.4, -0.2) is 28.5 Å². The minimum Gasteiger partial charge on any atom is -0.481 e. The molecule has 110 valence electrons. The van der Waals surface area contributed by atoms with E-state index in [-0.39, 0.29) is 12.5 Å². The predicted octanol–water partition coefficient (Wildman–Crippen LogP) is 2.00. The lowest BCUT2D eigenvalue weighted by molar-refractivity contribution is -0.141. The van der Waals surface area contributed by atoms with Crippen LogP contribution in [-0.2, 0) is 11.2 Å². The molecule has 0 aliphatic heterocycles. The van der Waals surface area contributed by atoms with Gasteiger partial charge in [0.25, 0.3) is 5.91 Å². The van der Waals surface area contributed by atoms with Gasteiger partial charge >= 0.3 is 5.97 Å². The second kappa shape index (κ2) is 6.74. The normalized spacial score (nSPS) is 11.9. The molecule has 0 spiro atoms. The van der Waals surface area contributed by atoms with Gasteiger partial charge in [-0.2, -0.15) is 0 Å². The maximum absolute atomic E-state index is 12.0. The Labute approximate surface area is 123 Å². The molecular formula is C16H18N2O3. The molecule has 21 heavy (non-hydrogen) atoms. The summed E-state index contributed by atoms with van der Waals surface area (Å²) in [5, 5.41) is 12.0. The molecule has 1 atom stereocenters. The Bertz CT molecular complexity index is 619. The number of carboxylic acid groups (broad SMARTS) is 1. The summed E-state index contributed by atoms with van der Waals surface area (Å²) in [7, 11) is 0. The van der Waals surface area contributed by atoms with Crippen molar-refractivity contribution in [2.24, 2.45) is 5.92 Å². The zero-order chi connectivity index (χ0) is 15.2. The number of benzene rings is 1. The molecule has 0 saturated carbocycles. The fourth-order valence-corrected chi connectivity index (χ4v) is 2.14. The van der Waals surface area contributed by atoms with E-state index >= 15 is 0 Å². The van der Waals surface area contributed by atoms with Gasteiger partial charge in [0.2, 0.25) is 0 Å². The van der Waals surface area contributed by atoms with E-state index in [2.05, 4.69) is 10.3 Å². The number of nitrogens with one attached hydrogen (secondary N) is 2. The molecule has 0 aliphatic rings. The van der Waals surface area contributed by atoms with E-state index in [0.29, 0.717) is 12.0 Å². The standard InChI is InChI=1S/C16H18N2O3/c1-11-8-17-10-14(11)15(19)18-9-13(16(20)21)7-12-5-3-2-4-6-12/h2-6,8,10,13,17H,7,9H2,1H3,(H,18,19)(H,20,21). The molecule has 5 heteroatoms. The zero-order valence-corrected chi connectivity index (χ0v) is 11.8. The van der Waals surface area contributed by atoms with E-state index in [1.165, 1.54) is 0 Å². The van der Waals surface area contributed by atoms with E-state index in [4.69, 9.17) is 0 Å². The van der Waals surface area contributed by atoms with Gasteiger partial charge in [0.05, 0.1) is 11.5 Å². The van der Waals surface area contributed by atoms with Gasteiger partial charge in [-0.25, -0.2) is 0 Å². The van der Waals surface area contributed by atoms with E-state index in [1.807, 2.05) is 37.3 Å². The number of carboxylic acids is 1. The monoisotopic (exact) mass is 286 g/mol. The molecule has 5 nitrogen and oxygen atoms in total. The topological polar surface area (TPSA) is 82.2 Å². The highest BCUT2D eigenvalue weighted by atomic mass is 16.4. The first-order valence-corrected chi connectivity index (χ1v) is 6.76. The SMILES string of the molecule is Cc1c[nH]cc1C(=O)NCC(Cc1ccccc1)C(=O)O. The van der Waals surface area contributed by atoms with Crippen LogP contribution in [0.1, 0.15) is 21.5 Å². The Balaban J connectivity index is 1.96. The van der Waals surface area contributed by atoms with Gasteiger partial charge in [-0.15, -0.1) is 0 Å². The molecule has 1 unspecified atom stereocenters. The van der Waals surface area contributed by atoms with E-state index in [9.17, 15) is 14.7 Å². The van der Waals surface area contributed by atoms with Gasteiger partial charge in [0.1, 0.15) is 0 Å². The van der Waals surface area contributed by atoms with E-state index in [0.717, 1.165) is 11.1 Å². The van der Waals surface area contributed by atoms with Crippen LogP contribution in [0.5, 0.6) is 0 Å². The molecule has 3 N–H and O–H groups in total. The third kappa shape index (κ3) is 3.95. The quantitative estimate of drug-likeness (QED) is 0.759. The summed E-state index contributed by atoms with van der Waals surface area (Å²) >= 11 is 0. The van der Waals surface area contributed by atoms with Crippen molar-refractivity contribution in [3.8, 4) is 0 Å². The van der Waals surface area contributed by atoms with Crippen LogP contribution in [0.15, 0.2) is 42.7 Å². The van der Waals surface area contributed by atoms with Crippen LogP contribution in [0.3, 0.4) is 0 Å². The molecule has 1 aromatic heterocycles. The van der Waals surface area contributed by atoms with Gasteiger partial charge in [-0.3, -0.25) is 9.59 Å². The number of aromatic amines is 1. The fraction of sp³-hybridized carbons (Fsp3) is 0.250. The molecule has 0 aliphatic carbocycles. The molecule has 1 amide bonds. The second-order valence-electron chi connectivity index (χ2n) is 4.99. The molecule has 0 radical (unpaired) electrons. The molecule has 1 aromatic carbocycles. The smallest absolute Gasteiger partial charge is 0.308 e. The average Bonchev–Trinajstić information content (AvgIpc) is 2.90. The first kappa shape index (κ1) is 14.8. The number of amides is 1. The van der Waals surface area contributed by atoms with Crippen molar-refractivity contribution >= 4 is 11.9 Å². The minimum atomic E-state index is -0.912. The summed E-state index contributed by atoms with van der Waals surface area (Å²) < 4.78 is 0. The Morgan fingerprint density at radius 1 is 1.24 bits per heavy atom. The highest BCUT2D eigenvalue weighted by Gasteiger charge is 2.20. The third-order valence-corrected chi connectivity index (χ3v) is 3.38. The largest absolute Gasteiger partial charge is 0.481 e. The van der Waals surface area contributed by atoms with Crippen LogP contribution in [0.2, 0.25) is 0 Å². The van der Waals surface area contributed by atoms with Crippen molar-refractivity contribution in [3.05, 3.63) is 59.4 Å². The lowest BCUT2D eigenvalue weighted by Crippen LogP contribution is -2.34. The molecule has 0 bridgehead atoms. The lowest BCUT2D eigenvalue weighted by atomic mass is 9.99. The number of rotatable bonds is 6. The Kier molecular flexibility index (Phi) is 4.77. The first-order valence-electron chi connectivity index (χ1n) is 6.76. The number of aliphatic carboxylic acids is 1. The van der Waals surface area contributed by atoms with Crippen molar-refractivity contribution in [2.45, 2.75) is 13.3 Å². The highest BCUT2D eigenvalue weighted by Crippen LogP contribution is 2.10. The molecular weight excluding hydrogens is 268 g/mol. The minimum absolute atomic E-state index is 0.105. The van der Waals surface area contributed by atoms with Gasteiger partial charge in [-0.05, 0) is 24.5 Å². The summed E-state index contributed by atoms with van der Waals surface area (Å²) in [5.74, 6) is -1.81. The van der Waals surface area contributed by atoms with Crippen molar-refractivity contribution in [3.63, 3.8) is 0 Å². The number of aromatic nitrogens is 1. The summed E-state index contributed by atoms with van der Waals surface area (Å²) in [6, 6.07) is 9.39. The fourth-order valence-electron chi connectivity index (χ4n) is 2.14. The predicted molar refractivity (Wildman–Crippen MR) is 79.1 cm³/mol. The van der Waals surface area contributed by atoms with Crippen LogP contribution >= 0.6 is 0 Å². The summed E-state index contributed by atoms with van der Waals surface area (Å²) in [5.41, 5.74) is 2.32. The molecule has 0 saturated heterocycles. The Morgan fingerprint density at radius 2 is 1.95 bits per heavy atom. The summed E-state index contributed by atoms with van der Waals surface area (Å²) in [6.07, 6.45) is 3.73. The number of aryl methyl sites for hydroxylation is 1. The van der Waals surface area contributed by atoms with Crippen molar-refractivity contribution in [1.82, 2.24) is 10.3 Å². The van der Waals surface area contributed by atoms with Gasteiger partial charge in [0.15, 0.2) is 0 Å². The number of H-pyrrole nitrogens is 1. The lowest BCUT2D eigenvalue weighted by Gasteiger charge is -2.13. The summed E-state index contributed by atoms with van der Waals surface area (Å²) in [6.45, 7) is 1.93. The van der Waals surface area contributed by atoms with Gasteiger partial charge in [-0.1, -0.05) is 30.3 Å². The molecule has 0 fully saturated rings. The number of carbonyl (C=O) groups is 2. The average molecular weight is 286 g/mol. The Morgan fingerprint density at radius 3 is 2.52 bits per heavy atom. The molecule has 2 aromatic rings. The zero-order valence-electron chi connectivity index (χ0n) is 11.8. The van der Waals surface area contributed by atoms with Crippen molar-refractivity contribution in [1.29, 1.82) is 0 Å². The van der Waals surface area contributed by atoms with Gasteiger partial charge < -0.3 is 15.4 Å². The van der Waals surface area contributed by atoms with Crippen LogP contribution in [0, 0.1) is 12.8 Å². The molecule has 2 rings (SSSR count). The second-order valence-corrected chi connectivity index (χ2v) is 4.99. The Hall–Kier alpha value is -2.56. The molecule has 1 heterocycles. The van der Waals surface area contributed by atoms with Crippen LogP contribution in [0.4, 0.5) is 0 Å². The van der Waals surface area contributed by atoms with Crippen LogP contribution in [0.25, 0.3) is 0 Å². The van der Waals surface area contributed by atoms with Gasteiger partial charge in [0, 0.05) is 18.9 Å². The highest BCUT2D eigenvalue weighted by molar-refractivity contribution is 5.95. The van der Waals surface area contributed by atoms with Crippen molar-refractivity contribution in [2.75, 3.05) is 6.54 Å². The summed E-state index contributed by atoms with van der Waals surface area (Å²) in [4.78, 5) is 26.1. The van der Waals surface area contributed by atoms with E-state index < -0.39 is 11.9 Å². The maximum atomic E-state index is 12.0. The van der Waals surface area contributed by atoms with Crippen LogP contribution < -0.4 is 5.32 Å². The maximum Gasteiger partial charge on any atom is 0.308 e. The number of carbonyl (C=O) groups excluding carboxylic acids is 1. The van der Waals surface area contributed by atoms with Crippen molar-refractivity contribution < 1.29 is 14.7 Å². The number of hydrogen-bond donors (Lipinski definition) is 3. The first-order chi connectivity index (χ1) is 10.1. The number of hydrogen-bond acceptors (Lipinski definition) is 2. The third-order valence-electron chi connectivity index (χ3n) is 3.38. The van der Waals surface area contributed by atoms with E-state index in [1.54, 1.807) is 12.4 Å².